The van der Waals surface area contributed by atoms with Gasteiger partial charge in [-0.15, -0.1) is 11.3 Å². The Kier molecular flexibility index (Phi) is 4.95. The monoisotopic (exact) mass is 406 g/mol. The average Bonchev–Trinajstić information content (AvgIpc) is 3.40. The topological polar surface area (TPSA) is 88.8 Å². The highest BCUT2D eigenvalue weighted by atomic mass is 32.1. The van der Waals surface area contributed by atoms with E-state index in [4.69, 9.17) is 9.97 Å². The van der Waals surface area contributed by atoms with Crippen molar-refractivity contribution in [3.05, 3.63) is 59.8 Å². The molecule has 0 unspecified atom stereocenters. The summed E-state index contributed by atoms with van der Waals surface area (Å²) >= 11 is 1.66. The van der Waals surface area contributed by atoms with Gasteiger partial charge in [0.2, 0.25) is 0 Å². The molecule has 0 bridgehead atoms. The van der Waals surface area contributed by atoms with E-state index in [1.165, 1.54) is 0 Å². The molecule has 4 aromatic rings. The molecule has 0 radical (unpaired) electrons. The summed E-state index contributed by atoms with van der Waals surface area (Å²) in [6.45, 7) is 0. The van der Waals surface area contributed by atoms with Gasteiger partial charge in [0.1, 0.15) is 11.6 Å². The maximum absolute atomic E-state index is 9.76. The molecule has 0 atom stereocenters. The van der Waals surface area contributed by atoms with E-state index < -0.39 is 0 Å². The first-order valence-corrected chi connectivity index (χ1v) is 10.8. The molecule has 4 heterocycles. The van der Waals surface area contributed by atoms with Gasteiger partial charge in [-0.1, -0.05) is 0 Å². The van der Waals surface area contributed by atoms with Crippen molar-refractivity contribution in [3.8, 4) is 5.69 Å². The van der Waals surface area contributed by atoms with Crippen LogP contribution in [0.2, 0.25) is 0 Å². The van der Waals surface area contributed by atoms with Crippen LogP contribution in [0.1, 0.15) is 37.1 Å². The molecular weight excluding hydrogens is 384 g/mol. The van der Waals surface area contributed by atoms with Gasteiger partial charge in [0.25, 0.3) is 0 Å². The number of rotatable bonds is 5. The fraction of sp³-hybridized carbons (Fsp3) is 0.333. The molecule has 1 aliphatic rings. The van der Waals surface area contributed by atoms with Crippen LogP contribution in [0.25, 0.3) is 15.9 Å². The lowest BCUT2D eigenvalue weighted by molar-refractivity contribution is 0.126. The van der Waals surface area contributed by atoms with Crippen LogP contribution in [0.15, 0.2) is 48.4 Å². The normalized spacial score (nSPS) is 19.5. The number of aromatic nitrogens is 5. The minimum absolute atomic E-state index is 0.160. The standard InChI is InChI=1S/C21H22N6OS/c28-17-5-3-15(4-6-17)24-21-20-18(7-9-29-20)25-19(26-21)10-14-11-23-27(13-14)16-2-1-8-22-12-16/h1-2,7-9,11-13,15,17,28H,3-6,10H2,(H,24,25,26). The first kappa shape index (κ1) is 18.2. The molecule has 7 nitrogen and oxygen atoms in total. The second-order valence-corrected chi connectivity index (χ2v) is 8.37. The molecule has 0 amide bonds. The van der Waals surface area contributed by atoms with Crippen molar-refractivity contribution in [2.75, 3.05) is 5.32 Å². The number of thiophene rings is 1. The summed E-state index contributed by atoms with van der Waals surface area (Å²) < 4.78 is 2.91. The van der Waals surface area contributed by atoms with E-state index in [2.05, 4.69) is 20.8 Å². The number of hydrogen-bond acceptors (Lipinski definition) is 7. The first-order chi connectivity index (χ1) is 14.2. The zero-order chi connectivity index (χ0) is 19.6. The molecule has 0 aromatic carbocycles. The Labute approximate surface area is 172 Å². The van der Waals surface area contributed by atoms with Crippen molar-refractivity contribution in [3.63, 3.8) is 0 Å². The lowest BCUT2D eigenvalue weighted by Crippen LogP contribution is -2.28. The molecule has 8 heteroatoms. The summed E-state index contributed by atoms with van der Waals surface area (Å²) in [6.07, 6.45) is 11.4. The molecule has 29 heavy (non-hydrogen) atoms. The van der Waals surface area contributed by atoms with Crippen LogP contribution in [0.3, 0.4) is 0 Å². The predicted octanol–water partition coefficient (Wildman–Crippen LogP) is 3.58. The number of fused-ring (bicyclic) bond motifs is 1. The van der Waals surface area contributed by atoms with Crippen LogP contribution in [-0.4, -0.2) is 42.0 Å². The van der Waals surface area contributed by atoms with E-state index >= 15 is 0 Å². The Bertz CT molecular complexity index is 1100. The van der Waals surface area contributed by atoms with Gasteiger partial charge < -0.3 is 10.4 Å². The quantitative estimate of drug-likeness (QED) is 0.527. The highest BCUT2D eigenvalue weighted by Gasteiger charge is 2.21. The van der Waals surface area contributed by atoms with Crippen LogP contribution < -0.4 is 5.32 Å². The maximum Gasteiger partial charge on any atom is 0.148 e. The third-order valence-corrected chi connectivity index (χ3v) is 6.21. The Balaban J connectivity index is 1.39. The predicted molar refractivity (Wildman–Crippen MR) is 113 cm³/mol. The SMILES string of the molecule is OC1CCC(Nc2nc(Cc3cnn(-c4cccnc4)c3)nc3ccsc23)CC1. The average molecular weight is 407 g/mol. The molecule has 4 aromatic heterocycles. The van der Waals surface area contributed by atoms with Gasteiger partial charge in [0.15, 0.2) is 0 Å². The Hall–Kier alpha value is -2.84. The van der Waals surface area contributed by atoms with Gasteiger partial charge in [-0.25, -0.2) is 14.6 Å². The third kappa shape index (κ3) is 3.99. The fourth-order valence-electron chi connectivity index (χ4n) is 3.77. The summed E-state index contributed by atoms with van der Waals surface area (Å²) in [6, 6.07) is 6.26. The molecule has 148 valence electrons. The largest absolute Gasteiger partial charge is 0.393 e. The van der Waals surface area contributed by atoms with E-state index in [1.54, 1.807) is 23.7 Å². The minimum atomic E-state index is -0.160. The van der Waals surface area contributed by atoms with E-state index in [-0.39, 0.29) is 6.10 Å². The Morgan fingerprint density at radius 2 is 2.03 bits per heavy atom. The fourth-order valence-corrected chi connectivity index (χ4v) is 4.55. The molecule has 0 spiro atoms. The van der Waals surface area contributed by atoms with Crippen LogP contribution >= 0.6 is 11.3 Å². The molecule has 1 saturated carbocycles. The zero-order valence-electron chi connectivity index (χ0n) is 15.9. The van der Waals surface area contributed by atoms with Crippen molar-refractivity contribution in [2.45, 2.75) is 44.2 Å². The van der Waals surface area contributed by atoms with Gasteiger partial charge in [0, 0.05) is 24.9 Å². The van der Waals surface area contributed by atoms with Gasteiger partial charge in [-0.05, 0) is 54.8 Å². The van der Waals surface area contributed by atoms with Crippen LogP contribution in [0.5, 0.6) is 0 Å². The molecule has 5 rings (SSSR count). The number of nitrogens with zero attached hydrogens (tertiary/aromatic N) is 5. The summed E-state index contributed by atoms with van der Waals surface area (Å²) in [5, 5.41) is 19.9. The molecule has 1 fully saturated rings. The van der Waals surface area contributed by atoms with Gasteiger partial charge in [-0.2, -0.15) is 5.10 Å². The highest BCUT2D eigenvalue weighted by molar-refractivity contribution is 7.17. The van der Waals surface area contributed by atoms with Crippen molar-refractivity contribution < 1.29 is 5.11 Å². The van der Waals surface area contributed by atoms with E-state index in [0.717, 1.165) is 58.8 Å². The summed E-state index contributed by atoms with van der Waals surface area (Å²) in [7, 11) is 0. The minimum Gasteiger partial charge on any atom is -0.393 e. The number of hydrogen-bond donors (Lipinski definition) is 2. The first-order valence-electron chi connectivity index (χ1n) is 9.87. The summed E-state index contributed by atoms with van der Waals surface area (Å²) in [5.74, 6) is 1.68. The second kappa shape index (κ2) is 7.88. The lowest BCUT2D eigenvalue weighted by Gasteiger charge is -2.26. The Morgan fingerprint density at radius 3 is 2.86 bits per heavy atom. The van der Waals surface area contributed by atoms with E-state index in [9.17, 15) is 5.11 Å². The molecule has 0 saturated heterocycles. The molecule has 0 aliphatic heterocycles. The molecular formula is C21H22N6OS. The summed E-state index contributed by atoms with van der Waals surface area (Å²) in [4.78, 5) is 13.7. The second-order valence-electron chi connectivity index (χ2n) is 7.45. The van der Waals surface area contributed by atoms with E-state index in [0.29, 0.717) is 12.5 Å². The van der Waals surface area contributed by atoms with Crippen molar-refractivity contribution >= 4 is 27.4 Å². The number of aliphatic hydroxyl groups is 1. The number of anilines is 1. The summed E-state index contributed by atoms with van der Waals surface area (Å²) in [5.41, 5.74) is 2.95. The maximum atomic E-state index is 9.76. The molecule has 2 N–H and O–H groups in total. The van der Waals surface area contributed by atoms with Crippen molar-refractivity contribution in [1.82, 2.24) is 24.7 Å². The van der Waals surface area contributed by atoms with E-state index in [1.807, 2.05) is 35.3 Å². The van der Waals surface area contributed by atoms with Crippen LogP contribution in [0, 0.1) is 0 Å². The van der Waals surface area contributed by atoms with Gasteiger partial charge in [0.05, 0.1) is 34.4 Å². The third-order valence-electron chi connectivity index (χ3n) is 5.30. The zero-order valence-corrected chi connectivity index (χ0v) is 16.7. The van der Waals surface area contributed by atoms with Crippen LogP contribution in [0.4, 0.5) is 5.82 Å². The van der Waals surface area contributed by atoms with Gasteiger partial charge >= 0.3 is 0 Å². The lowest BCUT2D eigenvalue weighted by atomic mass is 9.93. The molecule has 1 aliphatic carbocycles. The number of pyridine rings is 1. The van der Waals surface area contributed by atoms with Crippen molar-refractivity contribution in [1.29, 1.82) is 0 Å². The Morgan fingerprint density at radius 1 is 1.14 bits per heavy atom. The number of nitrogens with one attached hydrogen (secondary N) is 1. The smallest absolute Gasteiger partial charge is 0.148 e. The van der Waals surface area contributed by atoms with Gasteiger partial charge in [-0.3, -0.25) is 4.98 Å². The highest BCUT2D eigenvalue weighted by Crippen LogP contribution is 2.29. The van der Waals surface area contributed by atoms with Crippen LogP contribution in [-0.2, 0) is 6.42 Å². The van der Waals surface area contributed by atoms with Crippen molar-refractivity contribution in [2.24, 2.45) is 0 Å². The number of aliphatic hydroxyl groups excluding tert-OH is 1.